The molecule has 2 heterocycles. The van der Waals surface area contributed by atoms with E-state index in [2.05, 4.69) is 23.5 Å². The molecule has 0 radical (unpaired) electrons. The zero-order valence-corrected chi connectivity index (χ0v) is 8.53. The van der Waals surface area contributed by atoms with E-state index >= 15 is 0 Å². The highest BCUT2D eigenvalue weighted by atomic mass is 16.6. The molecule has 2 saturated heterocycles. The Morgan fingerprint density at radius 1 is 1.29 bits per heavy atom. The van der Waals surface area contributed by atoms with Gasteiger partial charge in [0.1, 0.15) is 0 Å². The molecule has 0 aromatic rings. The summed E-state index contributed by atoms with van der Waals surface area (Å²) in [6.07, 6.45) is 0.757. The maximum Gasteiger partial charge on any atom is 0.318 e. The van der Waals surface area contributed by atoms with Crippen LogP contribution in [-0.2, 0) is 14.3 Å². The second-order valence-electron chi connectivity index (χ2n) is 4.33. The van der Waals surface area contributed by atoms with E-state index in [9.17, 15) is 9.59 Å². The monoisotopic (exact) mass is 197 g/mol. The van der Waals surface area contributed by atoms with Gasteiger partial charge in [-0.05, 0) is 26.8 Å². The van der Waals surface area contributed by atoms with E-state index in [0.29, 0.717) is 12.6 Å². The number of esters is 2. The Morgan fingerprint density at radius 3 is 2.57 bits per heavy atom. The van der Waals surface area contributed by atoms with Gasteiger partial charge in [-0.25, -0.2) is 0 Å². The Morgan fingerprint density at radius 2 is 1.93 bits per heavy atom. The van der Waals surface area contributed by atoms with E-state index in [1.165, 1.54) is 0 Å². The van der Waals surface area contributed by atoms with Gasteiger partial charge >= 0.3 is 11.9 Å². The number of rotatable bonds is 1. The number of likely N-dealkylation sites (tertiary alicyclic amines) is 1. The lowest BCUT2D eigenvalue weighted by Crippen LogP contribution is -2.44. The normalized spacial score (nSPS) is 33.4. The minimum Gasteiger partial charge on any atom is -0.393 e. The largest absolute Gasteiger partial charge is 0.393 e. The van der Waals surface area contributed by atoms with Crippen LogP contribution in [0, 0.1) is 11.8 Å². The van der Waals surface area contributed by atoms with Crippen molar-refractivity contribution < 1.29 is 14.3 Å². The lowest BCUT2D eigenvalue weighted by Gasteiger charge is -2.34. The van der Waals surface area contributed by atoms with E-state index in [1.54, 1.807) is 0 Å². The first-order valence-electron chi connectivity index (χ1n) is 5.09. The summed E-state index contributed by atoms with van der Waals surface area (Å²) >= 11 is 0. The van der Waals surface area contributed by atoms with Gasteiger partial charge in [-0.2, -0.15) is 0 Å². The third kappa shape index (κ3) is 1.43. The number of hydrogen-bond acceptors (Lipinski definition) is 4. The second-order valence-corrected chi connectivity index (χ2v) is 4.33. The Balaban J connectivity index is 2.09. The number of fused-ring (bicyclic) bond motifs is 1. The van der Waals surface area contributed by atoms with Gasteiger partial charge < -0.3 is 9.64 Å². The average molecular weight is 197 g/mol. The predicted molar refractivity (Wildman–Crippen MR) is 49.4 cm³/mol. The fraction of sp³-hybridized carbons (Fsp3) is 0.800. The molecule has 0 spiro atoms. The molecular weight excluding hydrogens is 182 g/mol. The predicted octanol–water partition coefficient (Wildman–Crippen LogP) is 0.416. The molecule has 2 fully saturated rings. The quantitative estimate of drug-likeness (QED) is 0.451. The molecule has 0 aromatic heterocycles. The minimum atomic E-state index is -0.328. The molecule has 78 valence electrons. The number of ether oxygens (including phenoxy) is 1. The van der Waals surface area contributed by atoms with Crippen molar-refractivity contribution in [3.63, 3.8) is 0 Å². The van der Waals surface area contributed by atoms with E-state index in [4.69, 9.17) is 0 Å². The van der Waals surface area contributed by atoms with Crippen LogP contribution in [0.2, 0.25) is 0 Å². The number of piperidine rings is 1. The van der Waals surface area contributed by atoms with Crippen LogP contribution in [0.1, 0.15) is 20.3 Å². The molecule has 4 heteroatoms. The molecule has 0 aliphatic carbocycles. The number of cyclic esters (lactones) is 2. The van der Waals surface area contributed by atoms with Gasteiger partial charge in [0.25, 0.3) is 0 Å². The van der Waals surface area contributed by atoms with Crippen LogP contribution in [0.25, 0.3) is 0 Å². The van der Waals surface area contributed by atoms with Gasteiger partial charge in [0.15, 0.2) is 0 Å². The van der Waals surface area contributed by atoms with Crippen molar-refractivity contribution in [1.82, 2.24) is 4.90 Å². The number of carbonyl (C=O) groups excluding carboxylic acids is 2. The zero-order valence-electron chi connectivity index (χ0n) is 8.53. The zero-order chi connectivity index (χ0) is 10.3. The number of hydrogen-bond donors (Lipinski definition) is 0. The van der Waals surface area contributed by atoms with Gasteiger partial charge in [-0.15, -0.1) is 0 Å². The molecule has 2 atom stereocenters. The highest BCUT2D eigenvalue weighted by Crippen LogP contribution is 2.31. The van der Waals surface area contributed by atoms with Crippen molar-refractivity contribution in [3.8, 4) is 0 Å². The third-order valence-electron chi connectivity index (χ3n) is 3.18. The molecule has 2 aliphatic rings. The summed E-state index contributed by atoms with van der Waals surface area (Å²) in [4.78, 5) is 24.8. The molecule has 2 aliphatic heterocycles. The Labute approximate surface area is 83.2 Å². The van der Waals surface area contributed by atoms with Crippen molar-refractivity contribution in [3.05, 3.63) is 0 Å². The molecule has 0 saturated carbocycles. The van der Waals surface area contributed by atoms with Crippen LogP contribution >= 0.6 is 0 Å². The van der Waals surface area contributed by atoms with Gasteiger partial charge in [-0.1, -0.05) is 0 Å². The first kappa shape index (κ1) is 9.65. The maximum absolute atomic E-state index is 11.3. The smallest absolute Gasteiger partial charge is 0.318 e. The second kappa shape index (κ2) is 3.35. The summed E-state index contributed by atoms with van der Waals surface area (Å²) in [5.41, 5.74) is 0. The van der Waals surface area contributed by atoms with E-state index in [1.807, 2.05) is 0 Å². The summed E-state index contributed by atoms with van der Waals surface area (Å²) < 4.78 is 4.63. The minimum absolute atomic E-state index is 0.169. The molecule has 2 rings (SSSR count). The lowest BCUT2D eigenvalue weighted by atomic mass is 9.87. The standard InChI is InChI=1S/C10H15NO3/c1-6(2)11-4-3-7-8(5-11)10(13)14-9(7)12/h6-8H,3-5H2,1-2H3. The molecule has 4 nitrogen and oxygen atoms in total. The summed E-state index contributed by atoms with van der Waals surface area (Å²) in [7, 11) is 0. The highest BCUT2D eigenvalue weighted by molar-refractivity contribution is 5.96. The average Bonchev–Trinajstić information content (AvgIpc) is 2.42. The molecular formula is C10H15NO3. The van der Waals surface area contributed by atoms with Crippen molar-refractivity contribution >= 4 is 11.9 Å². The van der Waals surface area contributed by atoms with Crippen LogP contribution in [0.15, 0.2) is 0 Å². The van der Waals surface area contributed by atoms with Gasteiger partial charge in [0.2, 0.25) is 0 Å². The van der Waals surface area contributed by atoms with E-state index in [-0.39, 0.29) is 23.8 Å². The van der Waals surface area contributed by atoms with Crippen LogP contribution < -0.4 is 0 Å². The van der Waals surface area contributed by atoms with Crippen LogP contribution in [0.5, 0.6) is 0 Å². The fourth-order valence-corrected chi connectivity index (χ4v) is 2.22. The summed E-state index contributed by atoms with van der Waals surface area (Å²) in [5, 5.41) is 0. The van der Waals surface area contributed by atoms with Crippen molar-refractivity contribution in [2.45, 2.75) is 26.3 Å². The summed E-state index contributed by atoms with van der Waals surface area (Å²) in [5.74, 6) is -1.02. The van der Waals surface area contributed by atoms with E-state index < -0.39 is 0 Å². The first-order valence-corrected chi connectivity index (χ1v) is 5.09. The maximum atomic E-state index is 11.3. The highest BCUT2D eigenvalue weighted by Gasteiger charge is 2.47. The fourth-order valence-electron chi connectivity index (χ4n) is 2.22. The SMILES string of the molecule is CC(C)N1CCC2C(=O)OC(=O)C2C1. The Hall–Kier alpha value is -0.900. The van der Waals surface area contributed by atoms with Crippen molar-refractivity contribution in [1.29, 1.82) is 0 Å². The van der Waals surface area contributed by atoms with E-state index in [0.717, 1.165) is 13.0 Å². The van der Waals surface area contributed by atoms with Crippen molar-refractivity contribution in [2.75, 3.05) is 13.1 Å². The van der Waals surface area contributed by atoms with Gasteiger partial charge in [0, 0.05) is 12.6 Å². The Kier molecular flexibility index (Phi) is 2.31. The third-order valence-corrected chi connectivity index (χ3v) is 3.18. The van der Waals surface area contributed by atoms with Crippen LogP contribution in [-0.4, -0.2) is 36.0 Å². The summed E-state index contributed by atoms with van der Waals surface area (Å²) in [6.45, 7) is 5.76. The van der Waals surface area contributed by atoms with Gasteiger partial charge in [0.05, 0.1) is 11.8 Å². The first-order chi connectivity index (χ1) is 6.59. The van der Waals surface area contributed by atoms with Crippen LogP contribution in [0.4, 0.5) is 0 Å². The van der Waals surface area contributed by atoms with Gasteiger partial charge in [-0.3, -0.25) is 9.59 Å². The molecule has 2 unspecified atom stereocenters. The Bertz CT molecular complexity index is 275. The molecule has 14 heavy (non-hydrogen) atoms. The van der Waals surface area contributed by atoms with Crippen LogP contribution in [0.3, 0.4) is 0 Å². The molecule has 0 amide bonds. The molecule has 0 N–H and O–H groups in total. The van der Waals surface area contributed by atoms with Crippen molar-refractivity contribution in [2.24, 2.45) is 11.8 Å². The topological polar surface area (TPSA) is 46.6 Å². The molecule has 0 bridgehead atoms. The summed E-state index contributed by atoms with van der Waals surface area (Å²) in [6, 6.07) is 0.430. The molecule has 0 aromatic carbocycles. The number of carbonyl (C=O) groups is 2. The lowest BCUT2D eigenvalue weighted by molar-refractivity contribution is -0.153. The number of nitrogens with zero attached hydrogens (tertiary/aromatic N) is 1.